The first-order valence-corrected chi connectivity index (χ1v) is 6.87. The smallest absolute Gasteiger partial charge is 0.0699 e. The summed E-state index contributed by atoms with van der Waals surface area (Å²) in [5.74, 6) is 0. The Bertz CT molecular complexity index is 193. The van der Waals surface area contributed by atoms with E-state index >= 15 is 0 Å². The van der Waals surface area contributed by atoms with E-state index in [1.54, 1.807) is 0 Å². The number of nitrogens with two attached hydrogens (primary N) is 1. The molecule has 0 amide bonds. The fourth-order valence-corrected chi connectivity index (χ4v) is 2.82. The van der Waals surface area contributed by atoms with Crippen molar-refractivity contribution >= 4 is 0 Å². The van der Waals surface area contributed by atoms with Crippen LogP contribution in [0.1, 0.15) is 44.9 Å². The molecule has 1 saturated heterocycles. The van der Waals surface area contributed by atoms with Crippen molar-refractivity contribution in [2.45, 2.75) is 51.0 Å². The predicted molar refractivity (Wildman–Crippen MR) is 66.4 cm³/mol. The van der Waals surface area contributed by atoms with Gasteiger partial charge in [0.15, 0.2) is 0 Å². The maximum absolute atomic E-state index is 5.84. The van der Waals surface area contributed by atoms with Gasteiger partial charge in [0.2, 0.25) is 0 Å². The molecule has 0 spiro atoms. The molecule has 1 saturated carbocycles. The van der Waals surface area contributed by atoms with Gasteiger partial charge in [-0.1, -0.05) is 6.42 Å². The number of nitrogens with one attached hydrogen (secondary N) is 1. The zero-order valence-corrected chi connectivity index (χ0v) is 10.3. The van der Waals surface area contributed by atoms with E-state index in [2.05, 4.69) is 5.32 Å². The predicted octanol–water partition coefficient (Wildman–Crippen LogP) is 1.66. The van der Waals surface area contributed by atoms with Crippen LogP contribution in [-0.4, -0.2) is 32.3 Å². The monoisotopic (exact) mass is 226 g/mol. The minimum absolute atomic E-state index is 0.462. The Balaban J connectivity index is 1.54. The molecule has 0 aromatic heterocycles. The molecule has 0 radical (unpaired) electrons. The molecule has 16 heavy (non-hydrogen) atoms. The zero-order valence-electron chi connectivity index (χ0n) is 10.3. The van der Waals surface area contributed by atoms with E-state index in [0.29, 0.717) is 11.5 Å². The molecule has 2 fully saturated rings. The summed E-state index contributed by atoms with van der Waals surface area (Å²) in [6.07, 6.45) is 9.57. The van der Waals surface area contributed by atoms with Gasteiger partial charge in [0.05, 0.1) is 6.10 Å². The van der Waals surface area contributed by atoms with Gasteiger partial charge in [-0.15, -0.1) is 0 Å². The number of rotatable bonds is 6. The standard InChI is InChI=1S/C13H26N2O/c14-11-13(5-3-6-13)7-8-15-10-12-4-1-2-9-16-12/h12,15H,1-11,14H2. The van der Waals surface area contributed by atoms with E-state index in [1.807, 2.05) is 0 Å². The maximum atomic E-state index is 5.84. The lowest BCUT2D eigenvalue weighted by molar-refractivity contribution is 0.0160. The van der Waals surface area contributed by atoms with E-state index in [1.165, 1.54) is 44.9 Å². The highest BCUT2D eigenvalue weighted by Gasteiger charge is 2.34. The second-order valence-electron chi connectivity index (χ2n) is 5.50. The van der Waals surface area contributed by atoms with Gasteiger partial charge in [0.25, 0.3) is 0 Å². The third-order valence-corrected chi connectivity index (χ3v) is 4.33. The summed E-state index contributed by atoms with van der Waals surface area (Å²) in [4.78, 5) is 0. The first-order valence-electron chi connectivity index (χ1n) is 6.87. The zero-order chi connectivity index (χ0) is 11.3. The summed E-state index contributed by atoms with van der Waals surface area (Å²) >= 11 is 0. The molecular formula is C13H26N2O. The fourth-order valence-electron chi connectivity index (χ4n) is 2.82. The van der Waals surface area contributed by atoms with E-state index in [4.69, 9.17) is 10.5 Å². The minimum Gasteiger partial charge on any atom is -0.377 e. The van der Waals surface area contributed by atoms with Crippen LogP contribution < -0.4 is 11.1 Å². The van der Waals surface area contributed by atoms with E-state index < -0.39 is 0 Å². The van der Waals surface area contributed by atoms with E-state index in [0.717, 1.165) is 26.2 Å². The Labute approximate surface area is 99.1 Å². The molecule has 0 bridgehead atoms. The molecule has 1 aliphatic carbocycles. The van der Waals surface area contributed by atoms with Gasteiger partial charge in [0, 0.05) is 13.2 Å². The summed E-state index contributed by atoms with van der Waals surface area (Å²) in [7, 11) is 0. The van der Waals surface area contributed by atoms with Crippen LogP contribution in [0.3, 0.4) is 0 Å². The Kier molecular flexibility index (Phi) is 4.62. The van der Waals surface area contributed by atoms with Gasteiger partial charge in [-0.3, -0.25) is 0 Å². The minimum atomic E-state index is 0.462. The molecule has 2 aliphatic rings. The third kappa shape index (κ3) is 3.19. The van der Waals surface area contributed by atoms with Gasteiger partial charge in [-0.2, -0.15) is 0 Å². The van der Waals surface area contributed by atoms with Crippen LogP contribution in [0.4, 0.5) is 0 Å². The van der Waals surface area contributed by atoms with Crippen molar-refractivity contribution in [1.29, 1.82) is 0 Å². The lowest BCUT2D eigenvalue weighted by atomic mass is 9.67. The largest absolute Gasteiger partial charge is 0.377 e. The number of ether oxygens (including phenoxy) is 1. The lowest BCUT2D eigenvalue weighted by Crippen LogP contribution is -2.41. The summed E-state index contributed by atoms with van der Waals surface area (Å²) in [6, 6.07) is 0. The summed E-state index contributed by atoms with van der Waals surface area (Å²) in [5.41, 5.74) is 6.33. The molecule has 94 valence electrons. The van der Waals surface area contributed by atoms with Crippen molar-refractivity contribution in [3.8, 4) is 0 Å². The Morgan fingerprint density at radius 3 is 2.69 bits per heavy atom. The highest BCUT2D eigenvalue weighted by molar-refractivity contribution is 4.88. The van der Waals surface area contributed by atoms with Gasteiger partial charge >= 0.3 is 0 Å². The third-order valence-electron chi connectivity index (χ3n) is 4.33. The van der Waals surface area contributed by atoms with Crippen molar-refractivity contribution in [3.63, 3.8) is 0 Å². The van der Waals surface area contributed by atoms with Crippen LogP contribution in [0.15, 0.2) is 0 Å². The molecule has 3 heteroatoms. The van der Waals surface area contributed by atoms with E-state index in [9.17, 15) is 0 Å². The average molecular weight is 226 g/mol. The van der Waals surface area contributed by atoms with Crippen molar-refractivity contribution in [3.05, 3.63) is 0 Å². The highest BCUT2D eigenvalue weighted by Crippen LogP contribution is 2.42. The first kappa shape index (κ1) is 12.3. The fraction of sp³-hybridized carbons (Fsp3) is 1.00. The Morgan fingerprint density at radius 1 is 1.25 bits per heavy atom. The molecule has 1 unspecified atom stereocenters. The molecule has 3 nitrogen and oxygen atoms in total. The summed E-state index contributed by atoms with van der Waals surface area (Å²) in [5, 5.41) is 3.53. The molecule has 0 aromatic rings. The molecule has 2 rings (SSSR count). The molecular weight excluding hydrogens is 200 g/mol. The molecule has 0 aromatic carbocycles. The number of hydrogen-bond acceptors (Lipinski definition) is 3. The first-order chi connectivity index (χ1) is 7.85. The van der Waals surface area contributed by atoms with Crippen molar-refractivity contribution in [2.75, 3.05) is 26.2 Å². The van der Waals surface area contributed by atoms with Crippen molar-refractivity contribution < 1.29 is 4.74 Å². The Hall–Kier alpha value is -0.120. The summed E-state index contributed by atoms with van der Waals surface area (Å²) < 4.78 is 5.69. The molecule has 1 atom stereocenters. The van der Waals surface area contributed by atoms with Crippen LogP contribution in [-0.2, 0) is 4.74 Å². The second kappa shape index (κ2) is 5.99. The summed E-state index contributed by atoms with van der Waals surface area (Å²) in [6.45, 7) is 3.96. The maximum Gasteiger partial charge on any atom is 0.0699 e. The van der Waals surface area contributed by atoms with Gasteiger partial charge in [-0.25, -0.2) is 0 Å². The van der Waals surface area contributed by atoms with Crippen LogP contribution >= 0.6 is 0 Å². The molecule has 1 heterocycles. The van der Waals surface area contributed by atoms with Crippen molar-refractivity contribution in [2.24, 2.45) is 11.1 Å². The second-order valence-corrected chi connectivity index (χ2v) is 5.50. The van der Waals surface area contributed by atoms with Crippen LogP contribution in [0, 0.1) is 5.41 Å². The lowest BCUT2D eigenvalue weighted by Gasteiger charge is -2.41. The van der Waals surface area contributed by atoms with Crippen LogP contribution in [0.2, 0.25) is 0 Å². The van der Waals surface area contributed by atoms with Gasteiger partial charge in [-0.05, 0) is 57.0 Å². The Morgan fingerprint density at radius 2 is 2.12 bits per heavy atom. The van der Waals surface area contributed by atoms with Crippen LogP contribution in [0.25, 0.3) is 0 Å². The topological polar surface area (TPSA) is 47.3 Å². The van der Waals surface area contributed by atoms with E-state index in [-0.39, 0.29) is 0 Å². The van der Waals surface area contributed by atoms with Crippen LogP contribution in [0.5, 0.6) is 0 Å². The average Bonchev–Trinajstić information content (AvgIpc) is 2.29. The van der Waals surface area contributed by atoms with Crippen molar-refractivity contribution in [1.82, 2.24) is 5.32 Å². The molecule has 1 aliphatic heterocycles. The number of hydrogen-bond donors (Lipinski definition) is 2. The normalized spacial score (nSPS) is 28.7. The van der Waals surface area contributed by atoms with Gasteiger partial charge < -0.3 is 15.8 Å². The van der Waals surface area contributed by atoms with Gasteiger partial charge in [0.1, 0.15) is 0 Å². The highest BCUT2D eigenvalue weighted by atomic mass is 16.5. The quantitative estimate of drug-likeness (QED) is 0.677. The molecule has 3 N–H and O–H groups in total. The SMILES string of the molecule is NCC1(CCNCC2CCCCO2)CCC1.